The van der Waals surface area contributed by atoms with E-state index in [0.29, 0.717) is 16.5 Å². The van der Waals surface area contributed by atoms with Crippen LogP contribution in [-0.4, -0.2) is 39.7 Å². The lowest BCUT2D eigenvalue weighted by molar-refractivity contribution is 0.0964. The van der Waals surface area contributed by atoms with Gasteiger partial charge in [-0.1, -0.05) is 0 Å². The van der Waals surface area contributed by atoms with E-state index >= 15 is 0 Å². The molecule has 3 aromatic rings. The van der Waals surface area contributed by atoms with Gasteiger partial charge in [-0.2, -0.15) is 10.2 Å². The molecular weight excluding hydrogens is 411 g/mol. The molecule has 2 heterocycles. The number of halogens is 1. The van der Waals surface area contributed by atoms with Gasteiger partial charge in [0.1, 0.15) is 11.6 Å². The van der Waals surface area contributed by atoms with Crippen molar-refractivity contribution >= 4 is 38.9 Å². The van der Waals surface area contributed by atoms with Crippen LogP contribution in [0.4, 0.5) is 10.2 Å². The van der Waals surface area contributed by atoms with Gasteiger partial charge in [0.25, 0.3) is 5.91 Å². The first-order valence-corrected chi connectivity index (χ1v) is 10.5. The van der Waals surface area contributed by atoms with Crippen molar-refractivity contribution < 1.29 is 22.0 Å². The molecule has 1 N–H and O–H groups in total. The molecule has 0 aliphatic carbocycles. The molecule has 1 aromatic carbocycles. The van der Waals surface area contributed by atoms with Crippen molar-refractivity contribution in [1.29, 1.82) is 5.26 Å². The highest BCUT2D eigenvalue weighted by Gasteiger charge is 2.25. The molecule has 0 unspecified atom stereocenters. The fraction of sp³-hybridized carbons (Fsp3) is 0.150. The Bertz CT molecular complexity index is 1310. The van der Waals surface area contributed by atoms with Crippen LogP contribution in [0.15, 0.2) is 40.8 Å². The summed E-state index contributed by atoms with van der Waals surface area (Å²) >= 11 is 0. The van der Waals surface area contributed by atoms with E-state index in [9.17, 15) is 17.6 Å². The molecule has 8 nitrogen and oxygen atoms in total. The number of furan rings is 1. The first kappa shape index (κ1) is 21.0. The van der Waals surface area contributed by atoms with Crippen LogP contribution in [0.25, 0.3) is 28.5 Å². The Morgan fingerprint density at radius 1 is 1.33 bits per heavy atom. The lowest BCUT2D eigenvalue weighted by atomic mass is 10.0. The van der Waals surface area contributed by atoms with Crippen LogP contribution in [0.5, 0.6) is 0 Å². The molecule has 0 atom stereocenters. The van der Waals surface area contributed by atoms with Gasteiger partial charge in [0.15, 0.2) is 5.82 Å². The molecule has 0 bridgehead atoms. The summed E-state index contributed by atoms with van der Waals surface area (Å²) in [6.45, 7) is 0. The molecule has 30 heavy (non-hydrogen) atoms. The van der Waals surface area contributed by atoms with E-state index in [1.807, 2.05) is 6.07 Å². The largest absolute Gasteiger partial charge is 0.437 e. The number of nitrogens with one attached hydrogen (secondary N) is 1. The van der Waals surface area contributed by atoms with Crippen LogP contribution < -0.4 is 9.62 Å². The van der Waals surface area contributed by atoms with Gasteiger partial charge in [-0.05, 0) is 36.4 Å². The predicted molar refractivity (Wildman–Crippen MR) is 111 cm³/mol. The summed E-state index contributed by atoms with van der Waals surface area (Å²) in [7, 11) is -0.896. The predicted octanol–water partition coefficient (Wildman–Crippen LogP) is 2.93. The zero-order chi connectivity index (χ0) is 22.1. The van der Waals surface area contributed by atoms with Crippen LogP contribution in [0, 0.1) is 17.1 Å². The Balaban J connectivity index is 2.38. The quantitative estimate of drug-likeness (QED) is 0.625. The summed E-state index contributed by atoms with van der Waals surface area (Å²) in [4.78, 5) is 16.9. The van der Waals surface area contributed by atoms with Gasteiger partial charge in [-0.15, -0.1) is 0 Å². The maximum absolute atomic E-state index is 13.3. The topological polar surface area (TPSA) is 116 Å². The van der Waals surface area contributed by atoms with Gasteiger partial charge in [0.05, 0.1) is 23.3 Å². The smallest absolute Gasteiger partial charge is 0.255 e. The number of allylic oxidation sites excluding steroid dienone is 1. The molecular formula is C20H17FN4O4S. The molecule has 0 spiro atoms. The fourth-order valence-electron chi connectivity index (χ4n) is 2.84. The molecule has 154 valence electrons. The fourth-order valence-corrected chi connectivity index (χ4v) is 3.30. The highest BCUT2D eigenvalue weighted by Crippen LogP contribution is 2.36. The maximum atomic E-state index is 13.3. The Morgan fingerprint density at radius 2 is 2.00 bits per heavy atom. The van der Waals surface area contributed by atoms with E-state index in [0.717, 1.165) is 10.6 Å². The summed E-state index contributed by atoms with van der Waals surface area (Å²) in [6.07, 6.45) is 3.57. The van der Waals surface area contributed by atoms with Crippen molar-refractivity contribution in [2.75, 3.05) is 24.7 Å². The minimum Gasteiger partial charge on any atom is -0.437 e. The van der Waals surface area contributed by atoms with Gasteiger partial charge in [-0.25, -0.2) is 12.8 Å². The van der Waals surface area contributed by atoms with Crippen molar-refractivity contribution in [3.8, 4) is 17.4 Å². The monoisotopic (exact) mass is 428 g/mol. The van der Waals surface area contributed by atoms with E-state index in [-0.39, 0.29) is 22.9 Å². The second-order valence-electron chi connectivity index (χ2n) is 6.34. The summed E-state index contributed by atoms with van der Waals surface area (Å²) in [5, 5.41) is 11.7. The number of carbonyl (C=O) groups is 1. The Labute approximate surface area is 172 Å². The van der Waals surface area contributed by atoms with Crippen LogP contribution in [0.1, 0.15) is 15.9 Å². The molecule has 0 fully saturated rings. The number of hydrogen-bond acceptors (Lipinski definition) is 6. The number of benzene rings is 1. The molecule has 0 radical (unpaired) electrons. The van der Waals surface area contributed by atoms with Crippen molar-refractivity contribution in [3.63, 3.8) is 0 Å². The molecule has 3 rings (SSSR count). The Kier molecular flexibility index (Phi) is 5.58. The first-order valence-electron chi connectivity index (χ1n) is 8.63. The summed E-state index contributed by atoms with van der Waals surface area (Å²) in [5.41, 5.74) is 0.924. The average molecular weight is 428 g/mol. The van der Waals surface area contributed by atoms with Gasteiger partial charge in [0, 0.05) is 31.3 Å². The number of hydrogen-bond donors (Lipinski definition) is 1. The zero-order valence-corrected chi connectivity index (χ0v) is 17.1. The number of pyridine rings is 1. The van der Waals surface area contributed by atoms with E-state index in [1.165, 1.54) is 56.6 Å². The highest BCUT2D eigenvalue weighted by atomic mass is 32.2. The number of sulfonamides is 1. The van der Waals surface area contributed by atoms with Crippen LogP contribution in [0.2, 0.25) is 0 Å². The normalized spacial score (nSPS) is 11.6. The maximum Gasteiger partial charge on any atom is 0.255 e. The van der Waals surface area contributed by atoms with Crippen molar-refractivity contribution in [1.82, 2.24) is 10.3 Å². The number of aromatic nitrogens is 1. The summed E-state index contributed by atoms with van der Waals surface area (Å²) in [6, 6.07) is 8.74. The van der Waals surface area contributed by atoms with Gasteiger partial charge < -0.3 is 9.73 Å². The van der Waals surface area contributed by atoms with E-state index in [1.54, 1.807) is 0 Å². The van der Waals surface area contributed by atoms with Crippen LogP contribution in [-0.2, 0) is 10.0 Å². The highest BCUT2D eigenvalue weighted by molar-refractivity contribution is 7.92. The molecule has 0 saturated carbocycles. The average Bonchev–Trinajstić information content (AvgIpc) is 3.08. The Hall–Kier alpha value is -3.71. The number of nitriles is 1. The number of amides is 1. The standard InChI is InChI=1S/C20H17FN4O4S/c1-23-19(26)16-15-11-13(5-4-10-22)18(25(2)30(3,27)28)24-20(15)29-17(16)12-6-8-14(21)9-7-12/h4-9,11H,1-3H3,(H,23,26). The second-order valence-corrected chi connectivity index (χ2v) is 8.35. The molecule has 1 amide bonds. The third kappa shape index (κ3) is 3.88. The number of rotatable bonds is 5. The lowest BCUT2D eigenvalue weighted by Crippen LogP contribution is -2.26. The molecule has 0 aliphatic rings. The van der Waals surface area contributed by atoms with Crippen molar-refractivity contribution in [3.05, 3.63) is 53.4 Å². The minimum atomic E-state index is -3.66. The Morgan fingerprint density at radius 3 is 2.57 bits per heavy atom. The SMILES string of the molecule is CNC(=O)c1c(-c2ccc(F)cc2)oc2nc(N(C)S(C)(=O)=O)c(C=CC#N)cc12. The van der Waals surface area contributed by atoms with E-state index in [4.69, 9.17) is 9.68 Å². The van der Waals surface area contributed by atoms with Gasteiger partial charge in [0.2, 0.25) is 15.7 Å². The summed E-state index contributed by atoms with van der Waals surface area (Å²) < 4.78 is 44.2. The second kappa shape index (κ2) is 7.96. The number of nitrogens with zero attached hydrogens (tertiary/aromatic N) is 3. The summed E-state index contributed by atoms with van der Waals surface area (Å²) in [5.74, 6) is -0.727. The van der Waals surface area contributed by atoms with Crippen molar-refractivity contribution in [2.24, 2.45) is 0 Å². The van der Waals surface area contributed by atoms with Crippen LogP contribution in [0.3, 0.4) is 0 Å². The number of carbonyl (C=O) groups excluding carboxylic acids is 1. The zero-order valence-electron chi connectivity index (χ0n) is 16.3. The molecule has 10 heteroatoms. The lowest BCUT2D eigenvalue weighted by Gasteiger charge is -2.17. The molecule has 0 saturated heterocycles. The number of anilines is 1. The third-order valence-electron chi connectivity index (χ3n) is 4.38. The third-order valence-corrected chi connectivity index (χ3v) is 5.55. The van der Waals surface area contributed by atoms with Crippen LogP contribution >= 0.6 is 0 Å². The molecule has 2 aromatic heterocycles. The van der Waals surface area contributed by atoms with Gasteiger partial charge >= 0.3 is 0 Å². The van der Waals surface area contributed by atoms with Gasteiger partial charge in [-0.3, -0.25) is 9.10 Å². The van der Waals surface area contributed by atoms with E-state index in [2.05, 4.69) is 10.3 Å². The number of fused-ring (bicyclic) bond motifs is 1. The minimum absolute atomic E-state index is 0.0209. The first-order chi connectivity index (χ1) is 14.2. The van der Waals surface area contributed by atoms with Crippen molar-refractivity contribution in [2.45, 2.75) is 0 Å². The molecule has 0 aliphatic heterocycles. The van der Waals surface area contributed by atoms with E-state index < -0.39 is 21.7 Å².